The summed E-state index contributed by atoms with van der Waals surface area (Å²) in [7, 11) is 0. The third-order valence-corrected chi connectivity index (χ3v) is 4.65. The first-order valence-electron chi connectivity index (χ1n) is 6.86. The number of aromatic nitrogens is 2. The van der Waals surface area contributed by atoms with Gasteiger partial charge in [0.25, 0.3) is 0 Å². The molecule has 0 spiro atoms. The van der Waals surface area contributed by atoms with Gasteiger partial charge in [-0.3, -0.25) is 0 Å². The van der Waals surface area contributed by atoms with Crippen LogP contribution in [-0.4, -0.2) is 9.97 Å². The molecule has 0 aromatic carbocycles. The van der Waals surface area contributed by atoms with Crippen molar-refractivity contribution in [3.63, 3.8) is 0 Å². The number of rotatable bonds is 1. The molecule has 1 heterocycles. The summed E-state index contributed by atoms with van der Waals surface area (Å²) in [4.78, 5) is 8.25. The summed E-state index contributed by atoms with van der Waals surface area (Å²) in [5.74, 6) is 2.64. The van der Waals surface area contributed by atoms with E-state index in [0.29, 0.717) is 5.92 Å². The van der Waals surface area contributed by atoms with Gasteiger partial charge in [0.15, 0.2) is 0 Å². The Hall–Kier alpha value is -0.700. The molecule has 0 bridgehead atoms. The molecule has 2 aliphatic rings. The zero-order chi connectivity index (χ0) is 11.8. The second-order valence-electron chi connectivity index (χ2n) is 5.71. The van der Waals surface area contributed by atoms with Gasteiger partial charge in [-0.25, -0.2) is 4.98 Å². The molecule has 2 atom stereocenters. The highest BCUT2D eigenvalue weighted by Crippen LogP contribution is 2.36. The van der Waals surface area contributed by atoms with E-state index in [4.69, 9.17) is 12.2 Å². The van der Waals surface area contributed by atoms with Gasteiger partial charge in [0.2, 0.25) is 0 Å². The van der Waals surface area contributed by atoms with E-state index in [-0.39, 0.29) is 0 Å². The molecule has 0 radical (unpaired) electrons. The maximum Gasteiger partial charge on any atom is 0.133 e. The summed E-state index contributed by atoms with van der Waals surface area (Å²) in [6.45, 7) is 2.34. The van der Waals surface area contributed by atoms with Crippen molar-refractivity contribution in [2.75, 3.05) is 0 Å². The van der Waals surface area contributed by atoms with E-state index < -0.39 is 0 Å². The van der Waals surface area contributed by atoms with Crippen molar-refractivity contribution >= 4 is 12.2 Å². The Morgan fingerprint density at radius 3 is 2.82 bits per heavy atom. The standard InChI is InChI=1S/C14H20N2S/c1-9-6-7-10(8-9)13-15-12-5-3-2-4-11(12)14(17)16-13/h9-10H,2-8H2,1H3,(H,15,16,17). The fraction of sp³-hybridized carbons (Fsp3) is 0.714. The van der Waals surface area contributed by atoms with Crippen LogP contribution in [0.2, 0.25) is 0 Å². The van der Waals surface area contributed by atoms with Crippen LogP contribution in [0, 0.1) is 10.6 Å². The van der Waals surface area contributed by atoms with E-state index in [1.165, 1.54) is 49.2 Å². The van der Waals surface area contributed by atoms with E-state index in [1.54, 1.807) is 0 Å². The zero-order valence-electron chi connectivity index (χ0n) is 10.5. The van der Waals surface area contributed by atoms with Crippen LogP contribution in [0.5, 0.6) is 0 Å². The van der Waals surface area contributed by atoms with Crippen LogP contribution in [0.15, 0.2) is 0 Å². The molecule has 0 aliphatic heterocycles. The average Bonchev–Trinajstić information content (AvgIpc) is 2.76. The molecule has 92 valence electrons. The van der Waals surface area contributed by atoms with Gasteiger partial charge in [-0.05, 0) is 50.9 Å². The van der Waals surface area contributed by atoms with Gasteiger partial charge in [0, 0.05) is 17.2 Å². The van der Waals surface area contributed by atoms with Crippen molar-refractivity contribution in [1.82, 2.24) is 9.97 Å². The Labute approximate surface area is 108 Å². The Morgan fingerprint density at radius 1 is 1.24 bits per heavy atom. The van der Waals surface area contributed by atoms with Gasteiger partial charge in [0.1, 0.15) is 10.5 Å². The lowest BCUT2D eigenvalue weighted by molar-refractivity contribution is 0.576. The van der Waals surface area contributed by atoms with Crippen LogP contribution in [0.4, 0.5) is 0 Å². The maximum atomic E-state index is 5.46. The van der Waals surface area contributed by atoms with E-state index in [0.717, 1.165) is 23.4 Å². The number of aromatic amines is 1. The second kappa shape index (κ2) is 4.52. The van der Waals surface area contributed by atoms with Crippen LogP contribution in [0.1, 0.15) is 62.0 Å². The molecule has 3 heteroatoms. The lowest BCUT2D eigenvalue weighted by Crippen LogP contribution is -2.12. The van der Waals surface area contributed by atoms with Crippen LogP contribution < -0.4 is 0 Å². The van der Waals surface area contributed by atoms with Crippen molar-refractivity contribution in [2.45, 2.75) is 57.8 Å². The van der Waals surface area contributed by atoms with Crippen molar-refractivity contribution in [1.29, 1.82) is 0 Å². The first-order chi connectivity index (χ1) is 8.24. The summed E-state index contributed by atoms with van der Waals surface area (Å²) in [6, 6.07) is 0. The predicted molar refractivity (Wildman–Crippen MR) is 71.8 cm³/mol. The van der Waals surface area contributed by atoms with Crippen LogP contribution in [0.25, 0.3) is 0 Å². The summed E-state index contributed by atoms with van der Waals surface area (Å²) in [5.41, 5.74) is 2.70. The Kier molecular flexibility index (Phi) is 3.03. The molecule has 2 aliphatic carbocycles. The van der Waals surface area contributed by atoms with Crippen LogP contribution >= 0.6 is 12.2 Å². The lowest BCUT2D eigenvalue weighted by atomic mass is 9.96. The number of hydrogen-bond donors (Lipinski definition) is 1. The highest BCUT2D eigenvalue weighted by atomic mass is 32.1. The number of nitrogens with one attached hydrogen (secondary N) is 1. The molecule has 1 aromatic heterocycles. The molecule has 1 saturated carbocycles. The van der Waals surface area contributed by atoms with E-state index in [9.17, 15) is 0 Å². The number of hydrogen-bond acceptors (Lipinski definition) is 2. The fourth-order valence-electron chi connectivity index (χ4n) is 3.29. The van der Waals surface area contributed by atoms with Crippen molar-refractivity contribution in [3.8, 4) is 0 Å². The van der Waals surface area contributed by atoms with E-state index >= 15 is 0 Å². The van der Waals surface area contributed by atoms with Crippen molar-refractivity contribution < 1.29 is 0 Å². The topological polar surface area (TPSA) is 28.7 Å². The van der Waals surface area contributed by atoms with Gasteiger partial charge in [0.05, 0.1) is 0 Å². The zero-order valence-corrected chi connectivity index (χ0v) is 11.3. The van der Waals surface area contributed by atoms with E-state index in [1.807, 2.05) is 0 Å². The van der Waals surface area contributed by atoms with Gasteiger partial charge in [-0.15, -0.1) is 0 Å². The monoisotopic (exact) mass is 248 g/mol. The van der Waals surface area contributed by atoms with Crippen LogP contribution in [0.3, 0.4) is 0 Å². The highest BCUT2D eigenvalue weighted by molar-refractivity contribution is 7.71. The molecule has 17 heavy (non-hydrogen) atoms. The molecule has 1 aromatic rings. The SMILES string of the molecule is CC1CCC(c2nc(=S)c3c([nH]2)CCCC3)C1. The van der Waals surface area contributed by atoms with Gasteiger partial charge in [-0.2, -0.15) is 0 Å². The summed E-state index contributed by atoms with van der Waals surface area (Å²) < 4.78 is 0.869. The van der Waals surface area contributed by atoms with Crippen molar-refractivity contribution in [2.24, 2.45) is 5.92 Å². The number of fused-ring (bicyclic) bond motifs is 1. The van der Waals surface area contributed by atoms with Crippen LogP contribution in [-0.2, 0) is 12.8 Å². The van der Waals surface area contributed by atoms with Gasteiger partial charge in [-0.1, -0.05) is 19.1 Å². The minimum atomic E-state index is 0.624. The molecule has 2 unspecified atom stereocenters. The number of nitrogens with zero attached hydrogens (tertiary/aromatic N) is 1. The molecule has 3 rings (SSSR count). The third kappa shape index (κ3) is 2.17. The molecule has 1 fully saturated rings. The second-order valence-corrected chi connectivity index (χ2v) is 6.09. The average molecular weight is 248 g/mol. The number of aryl methyl sites for hydroxylation is 1. The normalized spacial score (nSPS) is 28.1. The first-order valence-corrected chi connectivity index (χ1v) is 7.27. The molecule has 1 N–H and O–H groups in total. The third-order valence-electron chi connectivity index (χ3n) is 4.31. The van der Waals surface area contributed by atoms with Crippen molar-refractivity contribution in [3.05, 3.63) is 21.7 Å². The smallest absolute Gasteiger partial charge is 0.133 e. The minimum absolute atomic E-state index is 0.624. The Morgan fingerprint density at radius 2 is 2.06 bits per heavy atom. The first kappa shape index (κ1) is 11.4. The Bertz CT molecular complexity index is 478. The molecular formula is C14H20N2S. The fourth-order valence-corrected chi connectivity index (χ4v) is 3.61. The predicted octanol–water partition coefficient (Wildman–Crippen LogP) is 3.92. The summed E-state index contributed by atoms with van der Waals surface area (Å²) in [6.07, 6.45) is 8.74. The lowest BCUT2D eigenvalue weighted by Gasteiger charge is -2.18. The molecule has 0 saturated heterocycles. The highest BCUT2D eigenvalue weighted by Gasteiger charge is 2.25. The minimum Gasteiger partial charge on any atom is -0.347 e. The van der Waals surface area contributed by atoms with E-state index in [2.05, 4.69) is 16.9 Å². The maximum absolute atomic E-state index is 5.46. The largest absolute Gasteiger partial charge is 0.347 e. The van der Waals surface area contributed by atoms with Gasteiger partial charge < -0.3 is 4.98 Å². The summed E-state index contributed by atoms with van der Waals surface area (Å²) in [5, 5.41) is 0. The quantitative estimate of drug-likeness (QED) is 0.763. The molecule has 0 amide bonds. The Balaban J connectivity index is 1.96. The summed E-state index contributed by atoms with van der Waals surface area (Å²) >= 11 is 5.46. The van der Waals surface area contributed by atoms with Gasteiger partial charge >= 0.3 is 0 Å². The molecule has 2 nitrogen and oxygen atoms in total. The number of H-pyrrole nitrogens is 1. The molecular weight excluding hydrogens is 228 g/mol.